The number of aromatic nitrogens is 3. The summed E-state index contributed by atoms with van der Waals surface area (Å²) in [6.07, 6.45) is 2.26. The van der Waals surface area contributed by atoms with E-state index in [2.05, 4.69) is 48.9 Å². The maximum Gasteiger partial charge on any atom is 0.151 e. The van der Waals surface area contributed by atoms with Crippen molar-refractivity contribution in [2.24, 2.45) is 0 Å². The van der Waals surface area contributed by atoms with Crippen molar-refractivity contribution in [3.05, 3.63) is 70.9 Å². The average Bonchev–Trinajstić information content (AvgIpc) is 3.10. The van der Waals surface area contributed by atoms with Crippen molar-refractivity contribution >= 4 is 28.9 Å². The summed E-state index contributed by atoms with van der Waals surface area (Å²) in [5.41, 5.74) is 6.31. The lowest BCUT2D eigenvalue weighted by molar-refractivity contribution is 0.112. The first-order valence-corrected chi connectivity index (χ1v) is 9.45. The highest BCUT2D eigenvalue weighted by Gasteiger charge is 2.15. The van der Waals surface area contributed by atoms with Crippen LogP contribution in [0, 0.1) is 0 Å². The molecule has 140 valence electrons. The smallest absolute Gasteiger partial charge is 0.151 e. The highest BCUT2D eigenvalue weighted by atomic mass is 35.5. The fraction of sp³-hybridized carbons (Fsp3) is 0.174. The summed E-state index contributed by atoms with van der Waals surface area (Å²) in [7, 11) is 0. The van der Waals surface area contributed by atoms with Gasteiger partial charge in [-0.3, -0.25) is 9.78 Å². The van der Waals surface area contributed by atoms with Gasteiger partial charge in [-0.2, -0.15) is 0 Å². The molecule has 0 amide bonds. The lowest BCUT2D eigenvalue weighted by Gasteiger charge is -2.18. The molecule has 0 fully saturated rings. The summed E-state index contributed by atoms with van der Waals surface area (Å²) in [5, 5.41) is 0.454. The van der Waals surface area contributed by atoms with Gasteiger partial charge >= 0.3 is 0 Å². The molecular formula is C23H20ClN3O. The number of rotatable bonds is 3. The van der Waals surface area contributed by atoms with Crippen LogP contribution in [0.4, 0.5) is 0 Å². The molecule has 4 nitrogen and oxygen atoms in total. The number of benzene rings is 2. The second-order valence-electron chi connectivity index (χ2n) is 7.86. The molecular weight excluding hydrogens is 370 g/mol. The van der Waals surface area contributed by atoms with Crippen LogP contribution in [0.15, 0.2) is 54.7 Å². The third-order valence-electron chi connectivity index (χ3n) is 4.78. The molecule has 4 rings (SSSR count). The first kappa shape index (κ1) is 18.4. The molecule has 0 aliphatic rings. The van der Waals surface area contributed by atoms with E-state index in [4.69, 9.17) is 16.6 Å². The number of fused-ring (bicyclic) bond motifs is 1. The molecule has 2 aromatic carbocycles. The number of pyridine rings is 1. The van der Waals surface area contributed by atoms with Crippen molar-refractivity contribution in [2.45, 2.75) is 26.2 Å². The van der Waals surface area contributed by atoms with E-state index in [-0.39, 0.29) is 5.41 Å². The van der Waals surface area contributed by atoms with E-state index in [9.17, 15) is 4.79 Å². The highest BCUT2D eigenvalue weighted by molar-refractivity contribution is 6.33. The van der Waals surface area contributed by atoms with E-state index in [1.54, 1.807) is 6.07 Å². The largest absolute Gasteiger partial charge is 0.338 e. The van der Waals surface area contributed by atoms with Gasteiger partial charge in [-0.25, -0.2) is 4.98 Å². The molecule has 2 aromatic heterocycles. The Balaban J connectivity index is 1.68. The molecule has 0 spiro atoms. The minimum absolute atomic E-state index is 0.0901. The predicted molar refractivity (Wildman–Crippen MR) is 114 cm³/mol. The van der Waals surface area contributed by atoms with Gasteiger partial charge in [0.25, 0.3) is 0 Å². The molecule has 4 aromatic rings. The van der Waals surface area contributed by atoms with Gasteiger partial charge in [-0.1, -0.05) is 62.7 Å². The zero-order valence-electron chi connectivity index (χ0n) is 16.0. The van der Waals surface area contributed by atoms with E-state index in [1.807, 2.05) is 24.3 Å². The zero-order chi connectivity index (χ0) is 19.9. The quantitative estimate of drug-likeness (QED) is 0.433. The standard InChI is InChI=1S/C23H20ClN3O/c1-23(2,3)17-8-9-19-20(11-17)27-22(26-19)16-6-4-15(5-7-16)21-18(24)10-14(13-28)12-25-21/h4-13H,1-3H3,(H,26,27). The predicted octanol–water partition coefficient (Wildman–Crippen LogP) is 6.06. The number of nitrogens with one attached hydrogen (secondary N) is 1. The molecule has 0 aliphatic heterocycles. The van der Waals surface area contributed by atoms with Gasteiger partial charge in [-0.05, 0) is 29.2 Å². The van der Waals surface area contributed by atoms with Crippen LogP contribution in [-0.4, -0.2) is 21.2 Å². The van der Waals surface area contributed by atoms with E-state index in [1.165, 1.54) is 11.8 Å². The number of carbonyl (C=O) groups is 1. The molecule has 28 heavy (non-hydrogen) atoms. The summed E-state index contributed by atoms with van der Waals surface area (Å²) in [5.74, 6) is 0.822. The van der Waals surface area contributed by atoms with Gasteiger partial charge in [0.1, 0.15) is 5.82 Å². The van der Waals surface area contributed by atoms with Crippen LogP contribution >= 0.6 is 11.6 Å². The topological polar surface area (TPSA) is 58.6 Å². The van der Waals surface area contributed by atoms with Gasteiger partial charge < -0.3 is 4.98 Å². The van der Waals surface area contributed by atoms with Crippen LogP contribution in [0.3, 0.4) is 0 Å². The summed E-state index contributed by atoms with van der Waals surface area (Å²) < 4.78 is 0. The molecule has 0 saturated carbocycles. The van der Waals surface area contributed by atoms with Crippen molar-refractivity contribution in [3.63, 3.8) is 0 Å². The number of carbonyl (C=O) groups excluding carboxylic acids is 1. The second-order valence-corrected chi connectivity index (χ2v) is 8.27. The molecule has 5 heteroatoms. The number of nitrogens with zero attached hydrogens (tertiary/aromatic N) is 2. The van der Waals surface area contributed by atoms with E-state index in [0.29, 0.717) is 16.3 Å². The molecule has 2 heterocycles. The molecule has 1 N–H and O–H groups in total. The highest BCUT2D eigenvalue weighted by Crippen LogP contribution is 2.30. The van der Waals surface area contributed by atoms with E-state index in [0.717, 1.165) is 34.3 Å². The lowest BCUT2D eigenvalue weighted by Crippen LogP contribution is -2.10. The number of aldehydes is 1. The first-order chi connectivity index (χ1) is 13.3. The van der Waals surface area contributed by atoms with Crippen LogP contribution in [0.1, 0.15) is 36.7 Å². The Kier molecular flexibility index (Phi) is 4.52. The van der Waals surface area contributed by atoms with Crippen LogP contribution in [0.2, 0.25) is 5.02 Å². The molecule has 0 unspecified atom stereocenters. The Hall–Kier alpha value is -2.98. The summed E-state index contributed by atoms with van der Waals surface area (Å²) in [6.45, 7) is 6.60. The minimum Gasteiger partial charge on any atom is -0.338 e. The Morgan fingerprint density at radius 1 is 1.00 bits per heavy atom. The fourth-order valence-corrected chi connectivity index (χ4v) is 3.41. The van der Waals surface area contributed by atoms with Gasteiger partial charge in [0.15, 0.2) is 6.29 Å². The molecule has 0 atom stereocenters. The third-order valence-corrected chi connectivity index (χ3v) is 5.07. The van der Waals surface area contributed by atoms with Crippen LogP contribution in [0.25, 0.3) is 33.7 Å². The SMILES string of the molecule is CC(C)(C)c1ccc2nc(-c3ccc(-c4ncc(C=O)cc4Cl)cc3)[nH]c2c1. The zero-order valence-corrected chi connectivity index (χ0v) is 16.7. The number of aromatic amines is 1. The average molecular weight is 390 g/mol. The number of hydrogen-bond donors (Lipinski definition) is 1. The monoisotopic (exact) mass is 389 g/mol. The number of imidazole rings is 1. The minimum atomic E-state index is 0.0901. The van der Waals surface area contributed by atoms with E-state index >= 15 is 0 Å². The maximum atomic E-state index is 10.8. The van der Waals surface area contributed by atoms with Crippen molar-refractivity contribution in [1.29, 1.82) is 0 Å². The van der Waals surface area contributed by atoms with Crippen molar-refractivity contribution in [3.8, 4) is 22.6 Å². The van der Waals surface area contributed by atoms with Crippen molar-refractivity contribution in [1.82, 2.24) is 15.0 Å². The summed E-state index contributed by atoms with van der Waals surface area (Å²) in [4.78, 5) is 23.3. The number of hydrogen-bond acceptors (Lipinski definition) is 3. The van der Waals surface area contributed by atoms with Crippen molar-refractivity contribution in [2.75, 3.05) is 0 Å². The summed E-state index contributed by atoms with van der Waals surface area (Å²) >= 11 is 6.26. The number of halogens is 1. The Bertz CT molecular complexity index is 1170. The second kappa shape index (κ2) is 6.88. The Labute approximate surface area is 168 Å². The number of H-pyrrole nitrogens is 1. The van der Waals surface area contributed by atoms with Gasteiger partial charge in [-0.15, -0.1) is 0 Å². The van der Waals surface area contributed by atoms with Crippen LogP contribution in [0.5, 0.6) is 0 Å². The van der Waals surface area contributed by atoms with Crippen LogP contribution in [-0.2, 0) is 5.41 Å². The Morgan fingerprint density at radius 2 is 1.71 bits per heavy atom. The normalized spacial score (nSPS) is 11.7. The Morgan fingerprint density at radius 3 is 2.36 bits per heavy atom. The maximum absolute atomic E-state index is 10.8. The fourth-order valence-electron chi connectivity index (χ4n) is 3.13. The van der Waals surface area contributed by atoms with Gasteiger partial charge in [0, 0.05) is 22.9 Å². The summed E-state index contributed by atoms with van der Waals surface area (Å²) in [6, 6.07) is 15.9. The molecule has 0 aliphatic carbocycles. The van der Waals surface area contributed by atoms with Crippen molar-refractivity contribution < 1.29 is 4.79 Å². The first-order valence-electron chi connectivity index (χ1n) is 9.07. The molecule has 0 radical (unpaired) electrons. The van der Waals surface area contributed by atoms with Crippen LogP contribution < -0.4 is 0 Å². The van der Waals surface area contributed by atoms with Gasteiger partial charge in [0.05, 0.1) is 21.7 Å². The molecule has 0 bridgehead atoms. The van der Waals surface area contributed by atoms with E-state index < -0.39 is 0 Å². The lowest BCUT2D eigenvalue weighted by atomic mass is 9.87. The third kappa shape index (κ3) is 3.43. The van der Waals surface area contributed by atoms with Gasteiger partial charge in [0.2, 0.25) is 0 Å². The molecule has 0 saturated heterocycles.